The Balaban J connectivity index is 1.93. The zero-order valence-corrected chi connectivity index (χ0v) is 11.4. The molecule has 4 nitrogen and oxygen atoms in total. The van der Waals surface area contributed by atoms with E-state index >= 15 is 0 Å². The summed E-state index contributed by atoms with van der Waals surface area (Å²) in [4.78, 5) is 25.8. The second-order valence-corrected chi connectivity index (χ2v) is 5.59. The molecule has 0 aromatic heterocycles. The Morgan fingerprint density at radius 2 is 2.00 bits per heavy atom. The first-order valence-corrected chi connectivity index (χ1v) is 7.37. The van der Waals surface area contributed by atoms with Crippen molar-refractivity contribution in [3.8, 4) is 0 Å². The molecule has 19 heavy (non-hydrogen) atoms. The Labute approximate surface area is 116 Å². The van der Waals surface area contributed by atoms with Gasteiger partial charge in [0.2, 0.25) is 5.91 Å². The number of carboxylic acid groups (broad SMARTS) is 1. The van der Waals surface area contributed by atoms with Crippen LogP contribution >= 0.6 is 11.8 Å². The molecule has 2 rings (SSSR count). The lowest BCUT2D eigenvalue weighted by Gasteiger charge is -2.32. The maximum atomic E-state index is 12.1. The van der Waals surface area contributed by atoms with Crippen LogP contribution in [0.5, 0.6) is 0 Å². The van der Waals surface area contributed by atoms with E-state index in [1.165, 1.54) is 16.7 Å². The van der Waals surface area contributed by atoms with E-state index in [1.807, 2.05) is 30.3 Å². The number of carbonyl (C=O) groups is 2. The maximum Gasteiger partial charge on any atom is 0.326 e. The largest absolute Gasteiger partial charge is 0.480 e. The number of hydrogen-bond donors (Lipinski definition) is 1. The molecule has 1 atom stereocenters. The summed E-state index contributed by atoms with van der Waals surface area (Å²) in [6.45, 7) is 0.561. The molecule has 0 radical (unpaired) electrons. The van der Waals surface area contributed by atoms with E-state index in [4.69, 9.17) is 5.11 Å². The van der Waals surface area contributed by atoms with E-state index in [9.17, 15) is 9.59 Å². The Morgan fingerprint density at radius 1 is 1.26 bits per heavy atom. The third kappa shape index (κ3) is 3.73. The molecule has 0 saturated carbocycles. The smallest absolute Gasteiger partial charge is 0.326 e. The molecule has 1 aliphatic rings. The average Bonchev–Trinajstić information content (AvgIpc) is 2.46. The fraction of sp³-hybridized carbons (Fsp3) is 0.429. The van der Waals surface area contributed by atoms with E-state index in [1.54, 1.807) is 0 Å². The molecule has 1 aromatic carbocycles. The van der Waals surface area contributed by atoms with Crippen LogP contribution in [0.1, 0.15) is 19.3 Å². The lowest BCUT2D eigenvalue weighted by atomic mass is 10.0. The van der Waals surface area contributed by atoms with Crippen molar-refractivity contribution in [2.75, 3.05) is 12.3 Å². The van der Waals surface area contributed by atoms with Crippen molar-refractivity contribution < 1.29 is 14.7 Å². The van der Waals surface area contributed by atoms with Gasteiger partial charge in [0.25, 0.3) is 0 Å². The molecular formula is C14H17NO3S. The highest BCUT2D eigenvalue weighted by Gasteiger charge is 2.31. The van der Waals surface area contributed by atoms with Gasteiger partial charge in [0.15, 0.2) is 0 Å². The number of nitrogens with zero attached hydrogens (tertiary/aromatic N) is 1. The van der Waals surface area contributed by atoms with Crippen LogP contribution in [-0.2, 0) is 9.59 Å². The fourth-order valence-corrected chi connectivity index (χ4v) is 3.04. The molecule has 1 N–H and O–H groups in total. The summed E-state index contributed by atoms with van der Waals surface area (Å²) < 4.78 is 0. The number of aliphatic carboxylic acids is 1. The van der Waals surface area contributed by atoms with E-state index in [-0.39, 0.29) is 5.91 Å². The second-order valence-electron chi connectivity index (χ2n) is 4.54. The van der Waals surface area contributed by atoms with E-state index in [2.05, 4.69) is 0 Å². The minimum absolute atomic E-state index is 0.0825. The van der Waals surface area contributed by atoms with E-state index in [0.29, 0.717) is 18.7 Å². The van der Waals surface area contributed by atoms with Crippen LogP contribution < -0.4 is 0 Å². The first-order valence-electron chi connectivity index (χ1n) is 6.38. The molecule has 0 spiro atoms. The standard InChI is InChI=1S/C14H17NO3S/c16-13(10-19-11-6-2-1-3-7-11)15-9-5-4-8-12(15)14(17)18/h1-3,6-7,12H,4-5,8-10H2,(H,17,18). The fourth-order valence-electron chi connectivity index (χ4n) is 2.23. The molecular weight excluding hydrogens is 262 g/mol. The molecule has 102 valence electrons. The zero-order chi connectivity index (χ0) is 13.7. The Morgan fingerprint density at radius 3 is 2.68 bits per heavy atom. The first kappa shape index (κ1) is 13.9. The Hall–Kier alpha value is -1.49. The van der Waals surface area contributed by atoms with Crippen LogP contribution in [0.15, 0.2) is 35.2 Å². The van der Waals surface area contributed by atoms with Crippen LogP contribution in [-0.4, -0.2) is 40.2 Å². The third-order valence-electron chi connectivity index (χ3n) is 3.21. The number of carbonyl (C=O) groups excluding carboxylic acids is 1. The summed E-state index contributed by atoms with van der Waals surface area (Å²) in [6.07, 6.45) is 2.34. The van der Waals surface area contributed by atoms with Gasteiger partial charge in [-0.2, -0.15) is 0 Å². The number of amides is 1. The van der Waals surface area contributed by atoms with Gasteiger partial charge in [-0.25, -0.2) is 4.79 Å². The third-order valence-corrected chi connectivity index (χ3v) is 4.21. The van der Waals surface area contributed by atoms with E-state index in [0.717, 1.165) is 17.7 Å². The molecule has 1 saturated heterocycles. The Bertz CT molecular complexity index is 449. The molecule has 1 heterocycles. The maximum absolute atomic E-state index is 12.1. The predicted octanol–water partition coefficient (Wildman–Crippen LogP) is 2.24. The number of hydrogen-bond acceptors (Lipinski definition) is 3. The molecule has 1 unspecified atom stereocenters. The predicted molar refractivity (Wildman–Crippen MR) is 74.2 cm³/mol. The minimum atomic E-state index is -0.891. The van der Waals surface area contributed by atoms with Gasteiger partial charge in [-0.1, -0.05) is 18.2 Å². The summed E-state index contributed by atoms with van der Waals surface area (Å²) in [6, 6.07) is 9.03. The van der Waals surface area contributed by atoms with Gasteiger partial charge in [0.1, 0.15) is 6.04 Å². The van der Waals surface area contributed by atoms with Gasteiger partial charge in [-0.15, -0.1) is 11.8 Å². The number of carboxylic acids is 1. The van der Waals surface area contributed by atoms with Crippen molar-refractivity contribution in [2.24, 2.45) is 0 Å². The quantitative estimate of drug-likeness (QED) is 0.859. The molecule has 1 aliphatic heterocycles. The summed E-state index contributed by atoms with van der Waals surface area (Å²) in [5.74, 6) is -0.674. The van der Waals surface area contributed by atoms with Crippen molar-refractivity contribution >= 4 is 23.6 Å². The van der Waals surface area contributed by atoms with Gasteiger partial charge in [0, 0.05) is 11.4 Å². The van der Waals surface area contributed by atoms with Gasteiger partial charge < -0.3 is 10.0 Å². The van der Waals surface area contributed by atoms with Gasteiger partial charge in [-0.3, -0.25) is 4.79 Å². The van der Waals surface area contributed by atoms with Crippen LogP contribution in [0.3, 0.4) is 0 Å². The summed E-state index contributed by atoms with van der Waals surface area (Å²) in [5, 5.41) is 9.14. The van der Waals surface area contributed by atoms with Crippen molar-refractivity contribution in [2.45, 2.75) is 30.2 Å². The summed E-state index contributed by atoms with van der Waals surface area (Å²) in [7, 11) is 0. The van der Waals surface area contributed by atoms with Crippen LogP contribution in [0.2, 0.25) is 0 Å². The highest BCUT2D eigenvalue weighted by atomic mass is 32.2. The topological polar surface area (TPSA) is 57.6 Å². The van der Waals surface area contributed by atoms with Gasteiger partial charge in [-0.05, 0) is 31.4 Å². The second kappa shape index (κ2) is 6.61. The SMILES string of the molecule is O=C(O)C1CCCCN1C(=O)CSc1ccccc1. The van der Waals surface area contributed by atoms with Crippen LogP contribution in [0.25, 0.3) is 0 Å². The Kier molecular flexibility index (Phi) is 4.85. The van der Waals surface area contributed by atoms with Crippen molar-refractivity contribution in [3.63, 3.8) is 0 Å². The molecule has 1 fully saturated rings. The highest BCUT2D eigenvalue weighted by molar-refractivity contribution is 8.00. The lowest BCUT2D eigenvalue weighted by molar-refractivity contribution is -0.150. The van der Waals surface area contributed by atoms with Crippen LogP contribution in [0.4, 0.5) is 0 Å². The molecule has 1 aromatic rings. The van der Waals surface area contributed by atoms with Crippen molar-refractivity contribution in [3.05, 3.63) is 30.3 Å². The van der Waals surface area contributed by atoms with Crippen LogP contribution in [0, 0.1) is 0 Å². The minimum Gasteiger partial charge on any atom is -0.480 e. The van der Waals surface area contributed by atoms with Gasteiger partial charge in [0.05, 0.1) is 5.75 Å². The van der Waals surface area contributed by atoms with Crippen molar-refractivity contribution in [1.82, 2.24) is 4.90 Å². The molecule has 0 bridgehead atoms. The van der Waals surface area contributed by atoms with Gasteiger partial charge >= 0.3 is 5.97 Å². The first-order chi connectivity index (χ1) is 9.18. The molecule has 0 aliphatic carbocycles. The number of thioether (sulfide) groups is 1. The average molecular weight is 279 g/mol. The molecule has 1 amide bonds. The lowest BCUT2D eigenvalue weighted by Crippen LogP contribution is -2.48. The zero-order valence-electron chi connectivity index (χ0n) is 10.6. The molecule has 5 heteroatoms. The normalized spacial score (nSPS) is 19.2. The number of piperidine rings is 1. The summed E-state index contributed by atoms with van der Waals surface area (Å²) >= 11 is 1.45. The van der Waals surface area contributed by atoms with Crippen molar-refractivity contribution in [1.29, 1.82) is 0 Å². The number of benzene rings is 1. The number of rotatable bonds is 4. The van der Waals surface area contributed by atoms with E-state index < -0.39 is 12.0 Å². The summed E-state index contributed by atoms with van der Waals surface area (Å²) in [5.41, 5.74) is 0. The highest BCUT2D eigenvalue weighted by Crippen LogP contribution is 2.21. The number of likely N-dealkylation sites (tertiary alicyclic amines) is 1. The monoisotopic (exact) mass is 279 g/mol.